The quantitative estimate of drug-likeness (QED) is 0.685. The van der Waals surface area contributed by atoms with Gasteiger partial charge in [-0.1, -0.05) is 12.1 Å². The third-order valence-electron chi connectivity index (χ3n) is 4.64. The average molecular weight is 397 g/mol. The van der Waals surface area contributed by atoms with E-state index < -0.39 is 10.0 Å². The molecule has 1 amide bonds. The molecule has 4 rings (SSSR count). The number of rotatable bonds is 5. The standard InChI is InChI=1S/C19H19N5O3S/c1-20-19(25)13-7-9-16(10-8-13)28(26,27)23-15-5-2-4-14(12-15)18-22-21-17-6-3-11-24(17)18/h2,4-5,7-10,12,23H,3,6,11H2,1H3,(H,20,25). The number of nitrogens with zero attached hydrogens (tertiary/aromatic N) is 3. The molecule has 2 N–H and O–H groups in total. The van der Waals surface area contributed by atoms with Crippen LogP contribution in [-0.4, -0.2) is 36.1 Å². The number of sulfonamides is 1. The summed E-state index contributed by atoms with van der Waals surface area (Å²) in [4.78, 5) is 11.7. The summed E-state index contributed by atoms with van der Waals surface area (Å²) in [5, 5.41) is 10.9. The Balaban J connectivity index is 1.59. The molecule has 144 valence electrons. The maximum atomic E-state index is 12.7. The van der Waals surface area contributed by atoms with Crippen LogP contribution in [0, 0.1) is 0 Å². The van der Waals surface area contributed by atoms with E-state index in [-0.39, 0.29) is 10.8 Å². The van der Waals surface area contributed by atoms with Gasteiger partial charge in [0.25, 0.3) is 15.9 Å². The molecule has 1 aliphatic heterocycles. The predicted molar refractivity (Wildman–Crippen MR) is 104 cm³/mol. The first-order valence-corrected chi connectivity index (χ1v) is 10.3. The number of aromatic nitrogens is 3. The summed E-state index contributed by atoms with van der Waals surface area (Å²) in [7, 11) is -2.26. The molecule has 8 nitrogen and oxygen atoms in total. The fourth-order valence-corrected chi connectivity index (χ4v) is 4.28. The van der Waals surface area contributed by atoms with Crippen molar-refractivity contribution in [3.05, 3.63) is 59.9 Å². The van der Waals surface area contributed by atoms with Gasteiger partial charge in [-0.25, -0.2) is 8.42 Å². The number of benzene rings is 2. The number of carbonyl (C=O) groups excluding carboxylic acids is 1. The highest BCUT2D eigenvalue weighted by atomic mass is 32.2. The molecule has 0 aliphatic carbocycles. The second kappa shape index (κ2) is 7.08. The molecular formula is C19H19N5O3S. The number of hydrogen-bond acceptors (Lipinski definition) is 5. The van der Waals surface area contributed by atoms with Crippen LogP contribution in [0.15, 0.2) is 53.4 Å². The highest BCUT2D eigenvalue weighted by Gasteiger charge is 2.19. The van der Waals surface area contributed by atoms with Crippen molar-refractivity contribution in [3.63, 3.8) is 0 Å². The van der Waals surface area contributed by atoms with Gasteiger partial charge in [-0.3, -0.25) is 9.52 Å². The Kier molecular flexibility index (Phi) is 4.60. The lowest BCUT2D eigenvalue weighted by Crippen LogP contribution is -2.18. The van der Waals surface area contributed by atoms with Gasteiger partial charge in [0.1, 0.15) is 5.82 Å². The van der Waals surface area contributed by atoms with E-state index in [1.54, 1.807) is 18.2 Å². The van der Waals surface area contributed by atoms with Crippen molar-refractivity contribution in [2.24, 2.45) is 0 Å². The van der Waals surface area contributed by atoms with E-state index in [1.807, 2.05) is 6.07 Å². The van der Waals surface area contributed by atoms with Gasteiger partial charge in [0, 0.05) is 36.8 Å². The SMILES string of the molecule is CNC(=O)c1ccc(S(=O)(=O)Nc2cccc(-c3nnc4n3CCC4)c2)cc1. The highest BCUT2D eigenvalue weighted by Crippen LogP contribution is 2.26. The summed E-state index contributed by atoms with van der Waals surface area (Å²) in [5.41, 5.74) is 1.63. The van der Waals surface area contributed by atoms with Crippen LogP contribution in [0.3, 0.4) is 0 Å². The van der Waals surface area contributed by atoms with Crippen LogP contribution < -0.4 is 10.0 Å². The normalized spacial score (nSPS) is 13.2. The van der Waals surface area contributed by atoms with Gasteiger partial charge >= 0.3 is 0 Å². The zero-order chi connectivity index (χ0) is 19.7. The van der Waals surface area contributed by atoms with Gasteiger partial charge in [-0.15, -0.1) is 10.2 Å². The molecule has 0 saturated carbocycles. The molecule has 0 atom stereocenters. The Morgan fingerprint density at radius 2 is 1.89 bits per heavy atom. The maximum Gasteiger partial charge on any atom is 0.261 e. The lowest BCUT2D eigenvalue weighted by atomic mass is 10.2. The van der Waals surface area contributed by atoms with Crippen molar-refractivity contribution in [3.8, 4) is 11.4 Å². The molecule has 0 spiro atoms. The van der Waals surface area contributed by atoms with Crippen LogP contribution in [0.1, 0.15) is 22.6 Å². The number of fused-ring (bicyclic) bond motifs is 1. The van der Waals surface area contributed by atoms with Gasteiger partial charge in [-0.2, -0.15) is 0 Å². The van der Waals surface area contributed by atoms with E-state index in [0.717, 1.165) is 36.6 Å². The first-order valence-electron chi connectivity index (χ1n) is 8.85. The summed E-state index contributed by atoms with van der Waals surface area (Å²) < 4.78 is 30.0. The molecule has 1 aliphatic rings. The van der Waals surface area contributed by atoms with Crippen molar-refractivity contribution >= 4 is 21.6 Å². The van der Waals surface area contributed by atoms with Crippen LogP contribution in [0.4, 0.5) is 5.69 Å². The Morgan fingerprint density at radius 3 is 2.64 bits per heavy atom. The van der Waals surface area contributed by atoms with Gasteiger partial charge in [0.2, 0.25) is 0 Å². The molecule has 0 saturated heterocycles. The molecule has 0 fully saturated rings. The Morgan fingerprint density at radius 1 is 1.11 bits per heavy atom. The molecule has 28 heavy (non-hydrogen) atoms. The number of anilines is 1. The number of hydrogen-bond donors (Lipinski definition) is 2. The minimum absolute atomic E-state index is 0.0777. The minimum Gasteiger partial charge on any atom is -0.355 e. The van der Waals surface area contributed by atoms with E-state index in [9.17, 15) is 13.2 Å². The minimum atomic E-state index is -3.78. The van der Waals surface area contributed by atoms with Gasteiger partial charge in [0.15, 0.2) is 5.82 Å². The van der Waals surface area contributed by atoms with Crippen molar-refractivity contribution < 1.29 is 13.2 Å². The first-order chi connectivity index (χ1) is 13.5. The smallest absolute Gasteiger partial charge is 0.261 e. The molecule has 0 bridgehead atoms. The molecule has 9 heteroatoms. The van der Waals surface area contributed by atoms with Crippen molar-refractivity contribution in [2.75, 3.05) is 11.8 Å². The largest absolute Gasteiger partial charge is 0.355 e. The van der Waals surface area contributed by atoms with E-state index in [1.165, 1.54) is 31.3 Å². The van der Waals surface area contributed by atoms with Crippen LogP contribution >= 0.6 is 0 Å². The van der Waals surface area contributed by atoms with Gasteiger partial charge in [-0.05, 0) is 42.8 Å². The molecular weight excluding hydrogens is 378 g/mol. The first kappa shape index (κ1) is 18.2. The van der Waals surface area contributed by atoms with Crippen LogP contribution in [0.2, 0.25) is 0 Å². The summed E-state index contributed by atoms with van der Waals surface area (Å²) >= 11 is 0. The van der Waals surface area contributed by atoms with Gasteiger partial charge in [0.05, 0.1) is 4.90 Å². The molecule has 0 radical (unpaired) electrons. The monoisotopic (exact) mass is 397 g/mol. The second-order valence-corrected chi connectivity index (χ2v) is 8.17. The molecule has 2 aromatic carbocycles. The highest BCUT2D eigenvalue weighted by molar-refractivity contribution is 7.92. The fraction of sp³-hybridized carbons (Fsp3) is 0.211. The third kappa shape index (κ3) is 3.36. The fourth-order valence-electron chi connectivity index (χ4n) is 3.23. The molecule has 2 heterocycles. The Labute approximate surface area is 162 Å². The van der Waals surface area contributed by atoms with E-state index >= 15 is 0 Å². The lowest BCUT2D eigenvalue weighted by molar-refractivity contribution is 0.0963. The number of amides is 1. The summed E-state index contributed by atoms with van der Waals surface area (Å²) in [6.07, 6.45) is 1.95. The number of nitrogens with one attached hydrogen (secondary N) is 2. The summed E-state index contributed by atoms with van der Waals surface area (Å²) in [6.45, 7) is 0.866. The maximum absolute atomic E-state index is 12.7. The average Bonchev–Trinajstić information content (AvgIpc) is 3.31. The van der Waals surface area contributed by atoms with Crippen LogP contribution in [0.5, 0.6) is 0 Å². The second-order valence-electron chi connectivity index (χ2n) is 6.48. The Bertz CT molecular complexity index is 1140. The molecule has 0 unspecified atom stereocenters. The summed E-state index contributed by atoms with van der Waals surface area (Å²) in [5.74, 6) is 1.42. The van der Waals surface area contributed by atoms with E-state index in [4.69, 9.17) is 0 Å². The zero-order valence-corrected chi connectivity index (χ0v) is 16.0. The zero-order valence-electron chi connectivity index (χ0n) is 15.2. The predicted octanol–water partition coefficient (Wildman–Crippen LogP) is 2.05. The lowest BCUT2D eigenvalue weighted by Gasteiger charge is -2.10. The number of aryl methyl sites for hydroxylation is 1. The van der Waals surface area contributed by atoms with Crippen molar-refractivity contribution in [2.45, 2.75) is 24.3 Å². The van der Waals surface area contributed by atoms with Crippen molar-refractivity contribution in [1.29, 1.82) is 0 Å². The third-order valence-corrected chi connectivity index (χ3v) is 6.03. The van der Waals surface area contributed by atoms with E-state index in [2.05, 4.69) is 24.8 Å². The number of carbonyl (C=O) groups is 1. The van der Waals surface area contributed by atoms with Gasteiger partial charge < -0.3 is 9.88 Å². The van der Waals surface area contributed by atoms with Crippen molar-refractivity contribution in [1.82, 2.24) is 20.1 Å². The van der Waals surface area contributed by atoms with E-state index in [0.29, 0.717) is 11.3 Å². The topological polar surface area (TPSA) is 106 Å². The van der Waals surface area contributed by atoms with Crippen LogP contribution in [-0.2, 0) is 23.0 Å². The molecule has 1 aromatic heterocycles. The molecule has 3 aromatic rings. The Hall–Kier alpha value is -3.20. The van der Waals surface area contributed by atoms with Crippen LogP contribution in [0.25, 0.3) is 11.4 Å². The summed E-state index contributed by atoms with van der Waals surface area (Å²) in [6, 6.07) is 12.8.